The maximum absolute atomic E-state index is 11.2. The summed E-state index contributed by atoms with van der Waals surface area (Å²) < 4.78 is 59.9. The molecule has 0 aliphatic carbocycles. The molecule has 12 nitrogen and oxygen atoms in total. The molecule has 0 aliphatic rings. The molecule has 0 amide bonds. The molecule has 0 heterocycles. The highest BCUT2D eigenvalue weighted by atomic mass is 16.6. The van der Waals surface area contributed by atoms with Crippen LogP contribution in [0.2, 0.25) is 0 Å². The van der Waals surface area contributed by atoms with Gasteiger partial charge in [-0.3, -0.25) is 4.79 Å². The van der Waals surface area contributed by atoms with Gasteiger partial charge in [-0.2, -0.15) is 0 Å². The molecular formula is C37H74O12. The van der Waals surface area contributed by atoms with Gasteiger partial charge in [0, 0.05) is 13.0 Å². The van der Waals surface area contributed by atoms with E-state index >= 15 is 0 Å². The maximum Gasteiger partial charge on any atom is 0.305 e. The van der Waals surface area contributed by atoms with Crippen LogP contribution in [0.4, 0.5) is 0 Å². The number of rotatable bonds is 44. The number of hydrogen-bond donors (Lipinski definition) is 0. The minimum atomic E-state index is -0.185. The Kier molecular flexibility index (Phi) is 44.2. The fraction of sp³-hybridized carbons (Fsp3) is 0.973. The Labute approximate surface area is 298 Å². The van der Waals surface area contributed by atoms with Crippen LogP contribution in [0.3, 0.4) is 0 Å². The van der Waals surface area contributed by atoms with Crippen molar-refractivity contribution in [1.82, 2.24) is 0 Å². The zero-order chi connectivity index (χ0) is 35.4. The zero-order valence-corrected chi connectivity index (χ0v) is 31.4. The predicted molar refractivity (Wildman–Crippen MR) is 191 cm³/mol. The van der Waals surface area contributed by atoms with Crippen molar-refractivity contribution in [2.45, 2.75) is 97.3 Å². The van der Waals surface area contributed by atoms with Crippen molar-refractivity contribution in [3.05, 3.63) is 0 Å². The van der Waals surface area contributed by atoms with Crippen molar-refractivity contribution in [3.63, 3.8) is 0 Å². The highest BCUT2D eigenvalue weighted by molar-refractivity contribution is 5.69. The minimum Gasteiger partial charge on any atom is -0.463 e. The first-order valence-electron chi connectivity index (χ1n) is 19.2. The van der Waals surface area contributed by atoms with Gasteiger partial charge in [0.15, 0.2) is 0 Å². The lowest BCUT2D eigenvalue weighted by Gasteiger charge is -2.09. The lowest BCUT2D eigenvalue weighted by molar-refractivity contribution is -0.145. The number of ether oxygens (including phenoxy) is 11. The average Bonchev–Trinajstić information content (AvgIpc) is 3.10. The van der Waals surface area contributed by atoms with Crippen LogP contribution in [-0.4, -0.2) is 145 Å². The molecule has 0 rings (SSSR count). The summed E-state index contributed by atoms with van der Waals surface area (Å²) in [5.41, 5.74) is 0. The lowest BCUT2D eigenvalue weighted by Crippen LogP contribution is -2.15. The van der Waals surface area contributed by atoms with E-state index in [1.807, 2.05) is 6.92 Å². The number of hydrogen-bond acceptors (Lipinski definition) is 12. The first-order valence-corrected chi connectivity index (χ1v) is 19.2. The van der Waals surface area contributed by atoms with E-state index in [-0.39, 0.29) is 12.6 Å². The molecule has 0 atom stereocenters. The molecule has 0 aromatic rings. The Balaban J connectivity index is 3.06. The molecule has 0 spiro atoms. The maximum atomic E-state index is 11.2. The molecule has 12 heteroatoms. The van der Waals surface area contributed by atoms with Crippen LogP contribution in [0, 0.1) is 0 Å². The number of carbonyl (C=O) groups is 1. The molecule has 0 radical (unpaired) electrons. The van der Waals surface area contributed by atoms with Gasteiger partial charge < -0.3 is 52.1 Å². The Morgan fingerprint density at radius 2 is 0.531 bits per heavy atom. The second-order valence-corrected chi connectivity index (χ2v) is 11.6. The third-order valence-electron chi connectivity index (χ3n) is 7.19. The molecule has 0 aromatic carbocycles. The monoisotopic (exact) mass is 711 g/mol. The van der Waals surface area contributed by atoms with Gasteiger partial charge in [-0.05, 0) is 12.8 Å². The fourth-order valence-electron chi connectivity index (χ4n) is 4.44. The third-order valence-corrected chi connectivity index (χ3v) is 7.19. The van der Waals surface area contributed by atoms with E-state index in [0.717, 1.165) is 19.4 Å². The van der Waals surface area contributed by atoms with Crippen molar-refractivity contribution >= 4 is 5.97 Å². The van der Waals surface area contributed by atoms with Crippen molar-refractivity contribution in [2.75, 3.05) is 139 Å². The fourth-order valence-corrected chi connectivity index (χ4v) is 4.44. The first-order chi connectivity index (χ1) is 24.3. The normalized spacial score (nSPS) is 11.5. The largest absolute Gasteiger partial charge is 0.463 e. The molecule has 0 N–H and O–H groups in total. The number of esters is 1. The minimum absolute atomic E-state index is 0.185. The zero-order valence-electron chi connectivity index (χ0n) is 31.4. The summed E-state index contributed by atoms with van der Waals surface area (Å²) in [6.07, 6.45) is 16.1. The Morgan fingerprint density at radius 3 is 0.816 bits per heavy atom. The molecular weight excluding hydrogens is 636 g/mol. The van der Waals surface area contributed by atoms with E-state index in [2.05, 4.69) is 6.92 Å². The molecule has 49 heavy (non-hydrogen) atoms. The van der Waals surface area contributed by atoms with E-state index in [1.165, 1.54) is 64.2 Å². The average molecular weight is 711 g/mol. The van der Waals surface area contributed by atoms with Gasteiger partial charge in [0.2, 0.25) is 0 Å². The Hall–Kier alpha value is -0.930. The standard InChI is InChI=1S/C37H74O12/c1-3-5-6-7-8-9-10-11-12-13-14-16-39-17-18-40-19-20-41-21-22-42-23-24-43-25-26-44-27-28-45-29-30-46-31-32-47-33-34-48-35-36-49-37(38)15-4-2/h3-36H2,1-2H3. The van der Waals surface area contributed by atoms with E-state index < -0.39 is 0 Å². The van der Waals surface area contributed by atoms with Crippen molar-refractivity contribution in [1.29, 1.82) is 0 Å². The van der Waals surface area contributed by atoms with Gasteiger partial charge in [0.25, 0.3) is 0 Å². The summed E-state index contributed by atoms with van der Waals surface area (Å²) in [6.45, 7) is 15.1. The summed E-state index contributed by atoms with van der Waals surface area (Å²) in [7, 11) is 0. The number of carbonyl (C=O) groups excluding carboxylic acids is 1. The van der Waals surface area contributed by atoms with Gasteiger partial charge in [-0.15, -0.1) is 0 Å². The SMILES string of the molecule is CCCCCCCCCCCCCOCCOCCOCCOCCOCCOCCOCCOCCOCCOCCOC(=O)CCC. The van der Waals surface area contributed by atoms with Crippen molar-refractivity contribution < 1.29 is 56.9 Å². The number of unbranched alkanes of at least 4 members (excludes halogenated alkanes) is 10. The van der Waals surface area contributed by atoms with Crippen LogP contribution < -0.4 is 0 Å². The van der Waals surface area contributed by atoms with Crippen molar-refractivity contribution in [3.8, 4) is 0 Å². The lowest BCUT2D eigenvalue weighted by atomic mass is 10.1. The third kappa shape index (κ3) is 45.0. The summed E-state index contributed by atoms with van der Waals surface area (Å²) in [5.74, 6) is -0.185. The van der Waals surface area contributed by atoms with Gasteiger partial charge in [0.1, 0.15) is 6.61 Å². The van der Waals surface area contributed by atoms with E-state index in [9.17, 15) is 4.79 Å². The molecule has 294 valence electrons. The molecule has 0 aliphatic heterocycles. The van der Waals surface area contributed by atoms with Crippen LogP contribution in [0.25, 0.3) is 0 Å². The molecule has 0 saturated heterocycles. The first kappa shape index (κ1) is 48.1. The smallest absolute Gasteiger partial charge is 0.305 e. The van der Waals surface area contributed by atoms with Gasteiger partial charge >= 0.3 is 5.97 Å². The van der Waals surface area contributed by atoms with Gasteiger partial charge in [0.05, 0.1) is 126 Å². The van der Waals surface area contributed by atoms with Crippen LogP contribution in [0.1, 0.15) is 97.3 Å². The summed E-state index contributed by atoms with van der Waals surface area (Å²) in [5, 5.41) is 0. The van der Waals surface area contributed by atoms with Crippen LogP contribution in [0.5, 0.6) is 0 Å². The van der Waals surface area contributed by atoms with Crippen LogP contribution in [0.15, 0.2) is 0 Å². The molecule has 0 bridgehead atoms. The van der Waals surface area contributed by atoms with E-state index in [1.54, 1.807) is 0 Å². The van der Waals surface area contributed by atoms with Crippen LogP contribution in [-0.2, 0) is 56.9 Å². The second-order valence-electron chi connectivity index (χ2n) is 11.6. The highest BCUT2D eigenvalue weighted by Gasteiger charge is 2.00. The highest BCUT2D eigenvalue weighted by Crippen LogP contribution is 2.11. The van der Waals surface area contributed by atoms with Gasteiger partial charge in [-0.25, -0.2) is 0 Å². The summed E-state index contributed by atoms with van der Waals surface area (Å²) >= 11 is 0. The van der Waals surface area contributed by atoms with Crippen molar-refractivity contribution in [2.24, 2.45) is 0 Å². The molecule has 0 saturated carbocycles. The Morgan fingerprint density at radius 1 is 0.286 bits per heavy atom. The second kappa shape index (κ2) is 45.1. The topological polar surface area (TPSA) is 119 Å². The summed E-state index contributed by atoms with van der Waals surface area (Å²) in [4.78, 5) is 11.2. The molecule has 0 aromatic heterocycles. The van der Waals surface area contributed by atoms with E-state index in [0.29, 0.717) is 132 Å². The van der Waals surface area contributed by atoms with Crippen LogP contribution >= 0.6 is 0 Å². The Bertz CT molecular complexity index is 614. The molecule has 0 unspecified atom stereocenters. The van der Waals surface area contributed by atoms with Gasteiger partial charge in [-0.1, -0.05) is 78.1 Å². The predicted octanol–water partition coefficient (Wildman–Crippen LogP) is 5.81. The molecule has 0 fully saturated rings. The van der Waals surface area contributed by atoms with E-state index in [4.69, 9.17) is 52.1 Å². The summed E-state index contributed by atoms with van der Waals surface area (Å²) in [6, 6.07) is 0. The quantitative estimate of drug-likeness (QED) is 0.0561.